The molecule has 2 N–H and O–H groups in total. The highest BCUT2D eigenvalue weighted by molar-refractivity contribution is 7.89. The van der Waals surface area contributed by atoms with Crippen molar-refractivity contribution in [1.29, 1.82) is 0 Å². The lowest BCUT2D eigenvalue weighted by molar-refractivity contribution is 0.164. The summed E-state index contributed by atoms with van der Waals surface area (Å²) in [5.74, 6) is -2.45. The summed E-state index contributed by atoms with van der Waals surface area (Å²) in [7, 11) is -4.28. The highest BCUT2D eigenvalue weighted by atomic mass is 32.2. The summed E-state index contributed by atoms with van der Waals surface area (Å²) in [5.41, 5.74) is 0. The van der Waals surface area contributed by atoms with Crippen LogP contribution in [0.3, 0.4) is 0 Å². The van der Waals surface area contributed by atoms with Crippen LogP contribution in [-0.4, -0.2) is 26.2 Å². The van der Waals surface area contributed by atoms with E-state index >= 15 is 0 Å². The number of halogens is 2. The smallest absolute Gasteiger partial charge is 0.246 e. The fourth-order valence-corrected chi connectivity index (χ4v) is 4.06. The van der Waals surface area contributed by atoms with E-state index in [1.165, 1.54) is 0 Å². The van der Waals surface area contributed by atoms with Gasteiger partial charge in [0.1, 0.15) is 11.6 Å². The summed E-state index contributed by atoms with van der Waals surface area (Å²) in [4.78, 5) is -0.956. The van der Waals surface area contributed by atoms with Gasteiger partial charge in [-0.1, -0.05) is 18.9 Å². The first kappa shape index (κ1) is 15.3. The van der Waals surface area contributed by atoms with Crippen LogP contribution in [0.15, 0.2) is 23.1 Å². The van der Waals surface area contributed by atoms with Gasteiger partial charge in [0.2, 0.25) is 10.0 Å². The largest absolute Gasteiger partial charge is 0.396 e. The fourth-order valence-electron chi connectivity index (χ4n) is 2.58. The normalized spacial score (nSPS) is 23.8. The van der Waals surface area contributed by atoms with Gasteiger partial charge in [-0.25, -0.2) is 21.9 Å². The van der Waals surface area contributed by atoms with Gasteiger partial charge >= 0.3 is 0 Å². The van der Waals surface area contributed by atoms with Crippen molar-refractivity contribution >= 4 is 10.0 Å². The highest BCUT2D eigenvalue weighted by Crippen LogP contribution is 2.26. The van der Waals surface area contributed by atoms with E-state index in [1.807, 2.05) is 0 Å². The maximum atomic E-state index is 13.6. The Labute approximate surface area is 116 Å². The van der Waals surface area contributed by atoms with E-state index < -0.39 is 32.6 Å². The number of aliphatic hydroxyl groups is 1. The Hall–Kier alpha value is -1.05. The van der Waals surface area contributed by atoms with Gasteiger partial charge in [0.15, 0.2) is 4.90 Å². The van der Waals surface area contributed by atoms with Crippen LogP contribution in [0.25, 0.3) is 0 Å². The lowest BCUT2D eigenvalue weighted by atomic mass is 9.86. The third-order valence-electron chi connectivity index (χ3n) is 3.64. The van der Waals surface area contributed by atoms with Gasteiger partial charge in [-0.2, -0.15) is 0 Å². The van der Waals surface area contributed by atoms with Crippen LogP contribution in [0.5, 0.6) is 0 Å². The lowest BCUT2D eigenvalue weighted by Crippen LogP contribution is -2.43. The standard InChI is InChI=1S/C13H17F2NO3S/c14-10-5-3-6-11(15)13(10)20(18,19)16-12-7-2-1-4-9(12)8-17/h3,5-6,9,12,16-17H,1-2,4,7-8H2. The van der Waals surface area contributed by atoms with Gasteiger partial charge < -0.3 is 5.11 Å². The molecule has 1 aliphatic rings. The maximum Gasteiger partial charge on any atom is 0.246 e. The van der Waals surface area contributed by atoms with E-state index in [-0.39, 0.29) is 12.5 Å². The maximum absolute atomic E-state index is 13.6. The summed E-state index contributed by atoms with van der Waals surface area (Å²) in [6.07, 6.45) is 2.99. The molecule has 0 aliphatic heterocycles. The average Bonchev–Trinajstić information content (AvgIpc) is 2.38. The van der Waals surface area contributed by atoms with Gasteiger partial charge in [-0.15, -0.1) is 0 Å². The third-order valence-corrected chi connectivity index (χ3v) is 5.18. The minimum atomic E-state index is -4.28. The molecule has 0 spiro atoms. The Balaban J connectivity index is 2.27. The van der Waals surface area contributed by atoms with Crippen LogP contribution in [-0.2, 0) is 10.0 Å². The molecule has 1 fully saturated rings. The van der Waals surface area contributed by atoms with E-state index in [0.29, 0.717) is 12.8 Å². The SMILES string of the molecule is O=S(=O)(NC1CCCCC1CO)c1c(F)cccc1F. The van der Waals surface area contributed by atoms with Crippen molar-refractivity contribution in [3.05, 3.63) is 29.8 Å². The number of aliphatic hydroxyl groups excluding tert-OH is 1. The predicted octanol–water partition coefficient (Wildman–Crippen LogP) is 1.79. The highest BCUT2D eigenvalue weighted by Gasteiger charge is 2.31. The molecule has 1 aromatic carbocycles. The second kappa shape index (κ2) is 6.15. The van der Waals surface area contributed by atoms with Crippen molar-refractivity contribution in [2.24, 2.45) is 5.92 Å². The van der Waals surface area contributed by atoms with E-state index in [2.05, 4.69) is 4.72 Å². The van der Waals surface area contributed by atoms with Gasteiger partial charge in [-0.05, 0) is 30.9 Å². The summed E-state index contributed by atoms with van der Waals surface area (Å²) < 4.78 is 53.7. The van der Waals surface area contributed by atoms with Crippen molar-refractivity contribution in [2.75, 3.05) is 6.61 Å². The Kier molecular flexibility index (Phi) is 4.72. The fraction of sp³-hybridized carbons (Fsp3) is 0.538. The molecule has 2 rings (SSSR count). The van der Waals surface area contributed by atoms with E-state index in [0.717, 1.165) is 31.0 Å². The van der Waals surface area contributed by atoms with Crippen LogP contribution in [0, 0.1) is 17.6 Å². The van der Waals surface area contributed by atoms with Crippen LogP contribution < -0.4 is 4.72 Å². The molecule has 7 heteroatoms. The average molecular weight is 305 g/mol. The topological polar surface area (TPSA) is 66.4 Å². The second-order valence-electron chi connectivity index (χ2n) is 5.01. The minimum Gasteiger partial charge on any atom is -0.396 e. The molecule has 1 aliphatic carbocycles. The van der Waals surface area contributed by atoms with Crippen LogP contribution in [0.1, 0.15) is 25.7 Å². The van der Waals surface area contributed by atoms with Crippen molar-refractivity contribution in [3.8, 4) is 0 Å². The number of hydrogen-bond donors (Lipinski definition) is 2. The number of benzene rings is 1. The van der Waals surface area contributed by atoms with E-state index in [1.54, 1.807) is 0 Å². The summed E-state index contributed by atoms with van der Waals surface area (Å²) >= 11 is 0. The van der Waals surface area contributed by atoms with Crippen LogP contribution >= 0.6 is 0 Å². The number of rotatable bonds is 4. The van der Waals surface area contributed by atoms with Gasteiger partial charge in [-0.3, -0.25) is 0 Å². The molecular formula is C13H17F2NO3S. The molecule has 0 amide bonds. The molecule has 4 nitrogen and oxygen atoms in total. The van der Waals surface area contributed by atoms with Crippen molar-refractivity contribution in [2.45, 2.75) is 36.6 Å². The van der Waals surface area contributed by atoms with Crippen molar-refractivity contribution in [1.82, 2.24) is 4.72 Å². The summed E-state index contributed by atoms with van der Waals surface area (Å²) in [6, 6.07) is 2.43. The molecule has 0 saturated heterocycles. The molecule has 2 atom stereocenters. The molecule has 1 saturated carbocycles. The zero-order chi connectivity index (χ0) is 14.8. The quantitative estimate of drug-likeness (QED) is 0.891. The molecule has 0 bridgehead atoms. The number of sulfonamides is 1. The monoisotopic (exact) mass is 305 g/mol. The van der Waals surface area contributed by atoms with E-state index in [9.17, 15) is 22.3 Å². The summed E-state index contributed by atoms with van der Waals surface area (Å²) in [5, 5.41) is 9.26. The molecule has 0 aromatic heterocycles. The summed E-state index contributed by atoms with van der Waals surface area (Å²) in [6.45, 7) is -0.146. The van der Waals surface area contributed by atoms with Gasteiger partial charge in [0, 0.05) is 12.6 Å². The molecule has 0 radical (unpaired) electrons. The van der Waals surface area contributed by atoms with Gasteiger partial charge in [0.05, 0.1) is 0 Å². The first-order valence-corrected chi connectivity index (χ1v) is 8.01. The molecule has 20 heavy (non-hydrogen) atoms. The van der Waals surface area contributed by atoms with E-state index in [4.69, 9.17) is 0 Å². The Morgan fingerprint density at radius 2 is 1.80 bits per heavy atom. The third kappa shape index (κ3) is 3.16. The zero-order valence-corrected chi connectivity index (χ0v) is 11.7. The van der Waals surface area contributed by atoms with Crippen LogP contribution in [0.2, 0.25) is 0 Å². The molecule has 1 aromatic rings. The Bertz CT molecular complexity index is 557. The van der Waals surface area contributed by atoms with Crippen molar-refractivity contribution in [3.63, 3.8) is 0 Å². The minimum absolute atomic E-state index is 0.146. The predicted molar refractivity (Wildman–Crippen MR) is 69.5 cm³/mol. The molecule has 0 heterocycles. The Morgan fingerprint density at radius 3 is 2.40 bits per heavy atom. The number of nitrogens with one attached hydrogen (secondary N) is 1. The Morgan fingerprint density at radius 1 is 1.20 bits per heavy atom. The lowest BCUT2D eigenvalue weighted by Gasteiger charge is -2.30. The first-order chi connectivity index (χ1) is 9.45. The first-order valence-electron chi connectivity index (χ1n) is 6.53. The van der Waals surface area contributed by atoms with Crippen molar-refractivity contribution < 1.29 is 22.3 Å². The van der Waals surface area contributed by atoms with Gasteiger partial charge in [0.25, 0.3) is 0 Å². The molecule has 112 valence electrons. The number of hydrogen-bond acceptors (Lipinski definition) is 3. The zero-order valence-electron chi connectivity index (χ0n) is 10.9. The second-order valence-corrected chi connectivity index (χ2v) is 6.66. The molecule has 2 unspecified atom stereocenters. The molecular weight excluding hydrogens is 288 g/mol. The van der Waals surface area contributed by atoms with Crippen LogP contribution in [0.4, 0.5) is 8.78 Å².